The second kappa shape index (κ2) is 8.55. The predicted molar refractivity (Wildman–Crippen MR) is 115 cm³/mol. The van der Waals surface area contributed by atoms with Crippen molar-refractivity contribution < 1.29 is 19.1 Å². The topological polar surface area (TPSA) is 90.4 Å². The fraction of sp³-hybridized carbons (Fsp3) is 0.250. The maximum absolute atomic E-state index is 12.4. The number of carbonyl (C=O) groups excluding carboxylic acids is 2. The van der Waals surface area contributed by atoms with Crippen LogP contribution in [0.3, 0.4) is 0 Å². The van der Waals surface area contributed by atoms with Gasteiger partial charge in [-0.3, -0.25) is 9.78 Å². The number of ether oxygens (including phenoxy) is 2. The minimum Gasteiger partial charge on any atom is -0.487 e. The monoisotopic (exact) mass is 417 g/mol. The number of hydrogen-bond acceptors (Lipinski definition) is 6. The first-order chi connectivity index (χ1) is 15.0. The summed E-state index contributed by atoms with van der Waals surface area (Å²) in [5.74, 6) is 0.0442. The fourth-order valence-electron chi connectivity index (χ4n) is 3.72. The Kier molecular flexibility index (Phi) is 5.66. The Labute approximate surface area is 180 Å². The second-order valence-electron chi connectivity index (χ2n) is 7.53. The first kappa shape index (κ1) is 20.5. The van der Waals surface area contributed by atoms with Gasteiger partial charge in [0.25, 0.3) is 5.91 Å². The third kappa shape index (κ3) is 4.26. The molecule has 31 heavy (non-hydrogen) atoms. The van der Waals surface area contributed by atoms with Crippen LogP contribution in [0.15, 0.2) is 48.8 Å². The van der Waals surface area contributed by atoms with Gasteiger partial charge in [0.2, 0.25) is 0 Å². The normalized spacial score (nSPS) is 14.5. The van der Waals surface area contributed by atoms with Crippen LogP contribution in [0.1, 0.15) is 37.7 Å². The smallest absolute Gasteiger partial charge is 0.338 e. The van der Waals surface area contributed by atoms with Crippen molar-refractivity contribution in [2.45, 2.75) is 26.4 Å². The van der Waals surface area contributed by atoms with E-state index in [0.717, 1.165) is 33.7 Å². The number of fused-ring (bicyclic) bond motifs is 1. The molecule has 1 unspecified atom stereocenters. The molecule has 1 aliphatic rings. The average molecular weight is 417 g/mol. The summed E-state index contributed by atoms with van der Waals surface area (Å²) in [6.07, 6.45) is 3.46. The van der Waals surface area contributed by atoms with Crippen molar-refractivity contribution in [1.82, 2.24) is 15.3 Å². The number of carbonyl (C=O) groups is 2. The highest BCUT2D eigenvalue weighted by Crippen LogP contribution is 2.41. The van der Waals surface area contributed by atoms with Gasteiger partial charge in [-0.15, -0.1) is 0 Å². The van der Waals surface area contributed by atoms with E-state index in [9.17, 15) is 9.59 Å². The lowest BCUT2D eigenvalue weighted by Gasteiger charge is -2.15. The van der Waals surface area contributed by atoms with E-state index in [0.29, 0.717) is 18.5 Å². The SMILES string of the molecule is COC(=O)c1ccccc1-c1cc(C)cc2c1OC(CNC(=O)c1cnc(C)cn1)C2. The number of nitrogens with one attached hydrogen (secondary N) is 1. The summed E-state index contributed by atoms with van der Waals surface area (Å²) in [5.41, 5.74) is 5.21. The molecular formula is C24H23N3O4. The van der Waals surface area contributed by atoms with Crippen molar-refractivity contribution in [1.29, 1.82) is 0 Å². The van der Waals surface area contributed by atoms with Crippen LogP contribution < -0.4 is 10.1 Å². The maximum atomic E-state index is 12.4. The van der Waals surface area contributed by atoms with Gasteiger partial charge in [0.05, 0.1) is 31.1 Å². The zero-order valence-corrected chi connectivity index (χ0v) is 17.6. The summed E-state index contributed by atoms with van der Waals surface area (Å²) in [6.45, 7) is 4.16. The molecule has 1 aliphatic heterocycles. The van der Waals surface area contributed by atoms with Crippen LogP contribution >= 0.6 is 0 Å². The second-order valence-corrected chi connectivity index (χ2v) is 7.53. The van der Waals surface area contributed by atoms with Gasteiger partial charge in [-0.2, -0.15) is 0 Å². The van der Waals surface area contributed by atoms with Crippen LogP contribution in [0.5, 0.6) is 5.75 Å². The van der Waals surface area contributed by atoms with E-state index in [2.05, 4.69) is 21.4 Å². The van der Waals surface area contributed by atoms with Gasteiger partial charge in [0.15, 0.2) is 0 Å². The van der Waals surface area contributed by atoms with Crippen molar-refractivity contribution in [3.8, 4) is 16.9 Å². The van der Waals surface area contributed by atoms with E-state index in [1.807, 2.05) is 32.0 Å². The van der Waals surface area contributed by atoms with Gasteiger partial charge in [0, 0.05) is 18.2 Å². The Morgan fingerprint density at radius 3 is 2.68 bits per heavy atom. The Bertz CT molecular complexity index is 1140. The Hall–Kier alpha value is -3.74. The minimum atomic E-state index is -0.396. The molecule has 7 heteroatoms. The van der Waals surface area contributed by atoms with Crippen molar-refractivity contribution in [3.05, 3.63) is 76.9 Å². The molecule has 1 N–H and O–H groups in total. The summed E-state index contributed by atoms with van der Waals surface area (Å²) in [4.78, 5) is 32.8. The van der Waals surface area contributed by atoms with Crippen molar-refractivity contribution >= 4 is 11.9 Å². The van der Waals surface area contributed by atoms with E-state index in [1.54, 1.807) is 18.3 Å². The summed E-state index contributed by atoms with van der Waals surface area (Å²) < 4.78 is 11.2. The van der Waals surface area contributed by atoms with E-state index in [4.69, 9.17) is 9.47 Å². The maximum Gasteiger partial charge on any atom is 0.338 e. The molecule has 1 aromatic heterocycles. The molecule has 2 heterocycles. The lowest BCUT2D eigenvalue weighted by Crippen LogP contribution is -2.34. The predicted octanol–water partition coefficient (Wildman–Crippen LogP) is 3.28. The van der Waals surface area contributed by atoms with Gasteiger partial charge in [-0.1, -0.05) is 24.3 Å². The molecule has 0 aliphatic carbocycles. The average Bonchev–Trinajstić information content (AvgIpc) is 3.19. The zero-order chi connectivity index (χ0) is 22.0. The lowest BCUT2D eigenvalue weighted by atomic mass is 9.94. The molecule has 3 aromatic rings. The van der Waals surface area contributed by atoms with Crippen molar-refractivity contribution in [2.24, 2.45) is 0 Å². The standard InChI is InChI=1S/C24H23N3O4/c1-14-8-16-10-17(12-27-23(28)21-13-25-15(2)11-26-21)31-22(16)20(9-14)18-6-4-5-7-19(18)24(29)30-3/h4-9,11,13,17H,10,12H2,1-3H3,(H,27,28). The molecule has 0 fully saturated rings. The number of hydrogen-bond donors (Lipinski definition) is 1. The Morgan fingerprint density at radius 2 is 1.94 bits per heavy atom. The first-order valence-electron chi connectivity index (χ1n) is 10.0. The number of methoxy groups -OCH3 is 1. The third-order valence-corrected chi connectivity index (χ3v) is 5.17. The number of aromatic nitrogens is 2. The first-order valence-corrected chi connectivity index (χ1v) is 10.0. The van der Waals surface area contributed by atoms with Crippen molar-refractivity contribution in [2.75, 3.05) is 13.7 Å². The van der Waals surface area contributed by atoms with Crippen LogP contribution in [0.4, 0.5) is 0 Å². The largest absolute Gasteiger partial charge is 0.487 e. The molecule has 7 nitrogen and oxygen atoms in total. The molecule has 0 saturated heterocycles. The number of aryl methyl sites for hydroxylation is 2. The fourth-order valence-corrected chi connectivity index (χ4v) is 3.72. The molecule has 0 radical (unpaired) electrons. The van der Waals surface area contributed by atoms with Gasteiger partial charge in [-0.25, -0.2) is 9.78 Å². The molecule has 4 rings (SSSR count). The number of esters is 1. The van der Waals surface area contributed by atoms with Gasteiger partial charge < -0.3 is 14.8 Å². The molecule has 0 spiro atoms. The van der Waals surface area contributed by atoms with E-state index in [-0.39, 0.29) is 17.7 Å². The molecule has 2 aromatic carbocycles. The summed E-state index contributed by atoms with van der Waals surface area (Å²) in [6, 6.07) is 11.4. The Morgan fingerprint density at radius 1 is 1.13 bits per heavy atom. The van der Waals surface area contributed by atoms with Gasteiger partial charge >= 0.3 is 5.97 Å². The highest BCUT2D eigenvalue weighted by molar-refractivity contribution is 5.98. The number of rotatable bonds is 5. The van der Waals surface area contributed by atoms with Gasteiger partial charge in [0.1, 0.15) is 17.5 Å². The lowest BCUT2D eigenvalue weighted by molar-refractivity contribution is 0.0601. The van der Waals surface area contributed by atoms with Crippen LogP contribution in [-0.4, -0.2) is 41.6 Å². The molecule has 1 amide bonds. The van der Waals surface area contributed by atoms with E-state index in [1.165, 1.54) is 13.3 Å². The summed E-state index contributed by atoms with van der Waals surface area (Å²) >= 11 is 0. The highest BCUT2D eigenvalue weighted by atomic mass is 16.5. The third-order valence-electron chi connectivity index (χ3n) is 5.17. The molecule has 0 bridgehead atoms. The molecular weight excluding hydrogens is 394 g/mol. The van der Waals surface area contributed by atoms with Crippen LogP contribution in [0, 0.1) is 13.8 Å². The summed E-state index contributed by atoms with van der Waals surface area (Å²) in [5, 5.41) is 2.87. The number of nitrogens with zero attached hydrogens (tertiary/aromatic N) is 2. The quantitative estimate of drug-likeness (QED) is 0.641. The van der Waals surface area contributed by atoms with Crippen LogP contribution in [0.2, 0.25) is 0 Å². The van der Waals surface area contributed by atoms with Crippen molar-refractivity contribution in [3.63, 3.8) is 0 Å². The minimum absolute atomic E-state index is 0.219. The van der Waals surface area contributed by atoms with E-state index < -0.39 is 5.97 Å². The number of amides is 1. The van der Waals surface area contributed by atoms with Crippen LogP contribution in [0.25, 0.3) is 11.1 Å². The van der Waals surface area contributed by atoms with Gasteiger partial charge in [-0.05, 0) is 42.7 Å². The van der Waals surface area contributed by atoms with Crippen LogP contribution in [-0.2, 0) is 11.2 Å². The molecule has 1 atom stereocenters. The number of benzene rings is 2. The molecule has 158 valence electrons. The highest BCUT2D eigenvalue weighted by Gasteiger charge is 2.28. The Balaban J connectivity index is 1.55. The molecule has 0 saturated carbocycles. The van der Waals surface area contributed by atoms with E-state index >= 15 is 0 Å². The summed E-state index contributed by atoms with van der Waals surface area (Å²) in [7, 11) is 1.37. The zero-order valence-electron chi connectivity index (χ0n) is 17.6.